The third-order valence-electron chi connectivity index (χ3n) is 6.94. The molecule has 3 N–H and O–H groups in total. The first-order chi connectivity index (χ1) is 17.4. The van der Waals surface area contributed by atoms with Crippen molar-refractivity contribution in [3.63, 3.8) is 0 Å². The van der Waals surface area contributed by atoms with Crippen LogP contribution in [-0.4, -0.2) is 41.0 Å². The topological polar surface area (TPSA) is 78.8 Å². The summed E-state index contributed by atoms with van der Waals surface area (Å²) in [5.41, 5.74) is 6.06. The summed E-state index contributed by atoms with van der Waals surface area (Å²) in [5.74, 6) is -1.15. The van der Waals surface area contributed by atoms with E-state index in [4.69, 9.17) is 4.74 Å². The first kappa shape index (κ1) is 28.5. The van der Waals surface area contributed by atoms with Gasteiger partial charge in [0.25, 0.3) is 0 Å². The van der Waals surface area contributed by atoms with Gasteiger partial charge < -0.3 is 20.3 Å². The van der Waals surface area contributed by atoms with Crippen molar-refractivity contribution >= 4 is 5.97 Å². The lowest BCUT2D eigenvalue weighted by molar-refractivity contribution is -0.00397. The van der Waals surface area contributed by atoms with Crippen LogP contribution in [0.25, 0.3) is 11.1 Å². The summed E-state index contributed by atoms with van der Waals surface area (Å²) >= 11 is 0. The quantitative estimate of drug-likeness (QED) is 0.289. The fraction of sp³-hybridized carbons (Fsp3) is 0.387. The van der Waals surface area contributed by atoms with Gasteiger partial charge in [0, 0.05) is 12.1 Å². The van der Waals surface area contributed by atoms with Crippen LogP contribution < -0.4 is 5.32 Å². The third kappa shape index (κ3) is 7.25. The summed E-state index contributed by atoms with van der Waals surface area (Å²) in [5, 5.41) is 23.4. The van der Waals surface area contributed by atoms with Crippen molar-refractivity contribution in [1.29, 1.82) is 0 Å². The Morgan fingerprint density at radius 3 is 2.41 bits per heavy atom. The van der Waals surface area contributed by atoms with Crippen molar-refractivity contribution in [3.05, 3.63) is 93.8 Å². The molecule has 0 radical (unpaired) electrons. The highest BCUT2D eigenvalue weighted by atomic mass is 19.1. The number of nitrogens with one attached hydrogen (secondary N) is 1. The molecule has 3 rings (SSSR count). The Labute approximate surface area is 219 Å². The molecule has 0 amide bonds. The lowest BCUT2D eigenvalue weighted by Crippen LogP contribution is -2.46. The molecule has 0 aliphatic heterocycles. The Kier molecular flexibility index (Phi) is 9.24. The number of aryl methyl sites for hydroxylation is 1. The smallest absolute Gasteiger partial charge is 0.335 e. The second kappa shape index (κ2) is 12.0. The number of aliphatic hydroxyl groups is 1. The predicted octanol–water partition coefficient (Wildman–Crippen LogP) is 6.17. The molecule has 0 bridgehead atoms. The number of aromatic carboxylic acids is 1. The van der Waals surface area contributed by atoms with Crippen LogP contribution in [0, 0.1) is 26.6 Å². The zero-order chi connectivity index (χ0) is 27.3. The van der Waals surface area contributed by atoms with E-state index in [0.29, 0.717) is 24.1 Å². The van der Waals surface area contributed by atoms with Crippen molar-refractivity contribution in [1.82, 2.24) is 5.32 Å². The number of ether oxygens (including phenoxy) is 1. The first-order valence-electron chi connectivity index (χ1n) is 12.6. The van der Waals surface area contributed by atoms with Crippen LogP contribution in [0.2, 0.25) is 0 Å². The van der Waals surface area contributed by atoms with E-state index in [9.17, 15) is 19.4 Å². The van der Waals surface area contributed by atoms with Gasteiger partial charge in [-0.25, -0.2) is 9.18 Å². The molecular formula is C31H38FNO4. The number of β-amino-alcohol motifs (C(OH)–C–C–N with tert-alkyl or cyclic N) is 1. The van der Waals surface area contributed by atoms with Crippen LogP contribution in [0.5, 0.6) is 0 Å². The van der Waals surface area contributed by atoms with Crippen molar-refractivity contribution < 1.29 is 24.1 Å². The van der Waals surface area contributed by atoms with Gasteiger partial charge in [0.15, 0.2) is 0 Å². The molecule has 5 nitrogen and oxygen atoms in total. The van der Waals surface area contributed by atoms with Gasteiger partial charge in [0.05, 0.1) is 24.4 Å². The van der Waals surface area contributed by atoms with Crippen LogP contribution in [0.15, 0.2) is 54.6 Å². The highest BCUT2D eigenvalue weighted by Gasteiger charge is 2.21. The summed E-state index contributed by atoms with van der Waals surface area (Å²) in [6, 6.07) is 16.7. The monoisotopic (exact) mass is 507 g/mol. The maximum Gasteiger partial charge on any atom is 0.335 e. The molecule has 0 aliphatic rings. The molecular weight excluding hydrogens is 469 g/mol. The maximum atomic E-state index is 13.9. The highest BCUT2D eigenvalue weighted by Crippen LogP contribution is 2.34. The zero-order valence-electron chi connectivity index (χ0n) is 22.6. The minimum atomic E-state index is -0.936. The SMILES string of the molecule is Cc1ccc(CC(C)(C)NC[C@@H](O)CO[C@H](C)c2ccccc2-c2ccc(C(=O)O)c(C)c2C)cc1F. The van der Waals surface area contributed by atoms with E-state index in [1.165, 1.54) is 0 Å². The summed E-state index contributed by atoms with van der Waals surface area (Å²) < 4.78 is 20.0. The second-order valence-corrected chi connectivity index (χ2v) is 10.5. The van der Waals surface area contributed by atoms with E-state index >= 15 is 0 Å². The van der Waals surface area contributed by atoms with E-state index in [2.05, 4.69) is 5.32 Å². The van der Waals surface area contributed by atoms with Crippen LogP contribution in [0.4, 0.5) is 4.39 Å². The van der Waals surface area contributed by atoms with Gasteiger partial charge in [-0.3, -0.25) is 0 Å². The van der Waals surface area contributed by atoms with Crippen molar-refractivity contribution in [2.45, 2.75) is 65.7 Å². The lowest BCUT2D eigenvalue weighted by Gasteiger charge is -2.28. The van der Waals surface area contributed by atoms with Crippen molar-refractivity contribution in [2.75, 3.05) is 13.2 Å². The van der Waals surface area contributed by atoms with Gasteiger partial charge in [-0.15, -0.1) is 0 Å². The number of benzene rings is 3. The average molecular weight is 508 g/mol. The molecule has 0 aliphatic carbocycles. The van der Waals surface area contributed by atoms with Gasteiger partial charge in [-0.2, -0.15) is 0 Å². The standard InChI is InChI=1S/C31H38FNO4/c1-19-11-12-23(15-29(19)32)16-31(5,6)33-17-24(34)18-37-22(4)27-9-7-8-10-28(27)25-13-14-26(30(35)36)21(3)20(25)2/h7-15,22,24,33-34H,16-18H2,1-6H3,(H,35,36)/t22-,24-/m1/s1. The maximum absolute atomic E-state index is 13.9. The van der Waals surface area contributed by atoms with Crippen LogP contribution in [-0.2, 0) is 11.2 Å². The van der Waals surface area contributed by atoms with Crippen molar-refractivity contribution in [2.24, 2.45) is 0 Å². The summed E-state index contributed by atoms with van der Waals surface area (Å²) in [6.45, 7) is 12.0. The number of aliphatic hydroxyl groups excluding tert-OH is 1. The molecule has 6 heteroatoms. The molecule has 0 heterocycles. The number of hydrogen-bond donors (Lipinski definition) is 3. The van der Waals surface area contributed by atoms with Gasteiger partial charge in [-0.05, 0) is 99.0 Å². The molecule has 0 spiro atoms. The molecule has 0 unspecified atom stereocenters. The van der Waals surface area contributed by atoms with Crippen LogP contribution >= 0.6 is 0 Å². The molecule has 2 atom stereocenters. The Hall–Kier alpha value is -3.06. The summed E-state index contributed by atoms with van der Waals surface area (Å²) in [6.07, 6.45) is -0.378. The fourth-order valence-electron chi connectivity index (χ4n) is 4.56. The molecule has 3 aromatic rings. The normalized spacial score (nSPS) is 13.4. The summed E-state index contributed by atoms with van der Waals surface area (Å²) in [7, 11) is 0. The van der Waals surface area contributed by atoms with Gasteiger partial charge in [0.1, 0.15) is 5.82 Å². The Morgan fingerprint density at radius 1 is 1.03 bits per heavy atom. The van der Waals surface area contributed by atoms with Gasteiger partial charge in [-0.1, -0.05) is 42.5 Å². The Balaban J connectivity index is 1.63. The fourth-order valence-corrected chi connectivity index (χ4v) is 4.56. The largest absolute Gasteiger partial charge is 0.478 e. The van der Waals surface area contributed by atoms with Gasteiger partial charge >= 0.3 is 5.97 Å². The van der Waals surface area contributed by atoms with Crippen LogP contribution in [0.1, 0.15) is 65.1 Å². The Morgan fingerprint density at radius 2 is 1.73 bits per heavy atom. The predicted molar refractivity (Wildman–Crippen MR) is 146 cm³/mol. The van der Waals surface area contributed by atoms with E-state index in [1.54, 1.807) is 25.1 Å². The lowest BCUT2D eigenvalue weighted by atomic mass is 9.90. The Bertz CT molecular complexity index is 1250. The molecule has 0 aromatic heterocycles. The number of carboxylic acid groups (broad SMARTS) is 1. The van der Waals surface area contributed by atoms with E-state index < -0.39 is 12.1 Å². The van der Waals surface area contributed by atoms with E-state index in [1.807, 2.05) is 71.0 Å². The minimum Gasteiger partial charge on any atom is -0.478 e. The number of rotatable bonds is 11. The zero-order valence-corrected chi connectivity index (χ0v) is 22.6. The molecule has 0 saturated carbocycles. The number of carboxylic acids is 1. The minimum absolute atomic E-state index is 0.147. The van der Waals surface area contributed by atoms with Crippen LogP contribution in [0.3, 0.4) is 0 Å². The molecule has 3 aromatic carbocycles. The van der Waals surface area contributed by atoms with Gasteiger partial charge in [0.2, 0.25) is 0 Å². The average Bonchev–Trinajstić information content (AvgIpc) is 2.85. The molecule has 37 heavy (non-hydrogen) atoms. The number of hydrogen-bond acceptors (Lipinski definition) is 4. The summed E-state index contributed by atoms with van der Waals surface area (Å²) in [4.78, 5) is 11.5. The molecule has 0 fully saturated rings. The molecule has 198 valence electrons. The first-order valence-corrected chi connectivity index (χ1v) is 12.6. The highest BCUT2D eigenvalue weighted by molar-refractivity contribution is 5.91. The third-order valence-corrected chi connectivity index (χ3v) is 6.94. The number of halogens is 1. The van der Waals surface area contributed by atoms with Crippen molar-refractivity contribution in [3.8, 4) is 11.1 Å². The molecule has 0 saturated heterocycles. The number of carbonyl (C=O) groups is 1. The second-order valence-electron chi connectivity index (χ2n) is 10.5. The van der Waals surface area contributed by atoms with E-state index in [-0.39, 0.29) is 24.1 Å². The van der Waals surface area contributed by atoms with E-state index in [0.717, 1.165) is 33.4 Å².